The fraction of sp³-hybridized carbons (Fsp3) is 0.333. The van der Waals surface area contributed by atoms with Crippen LogP contribution in [-0.2, 0) is 12.0 Å². The molecule has 0 aromatic heterocycles. The van der Waals surface area contributed by atoms with Gasteiger partial charge in [-0.25, -0.2) is 0 Å². The van der Waals surface area contributed by atoms with Crippen molar-refractivity contribution in [2.24, 2.45) is 0 Å². The molecule has 0 spiro atoms. The van der Waals surface area contributed by atoms with Crippen LogP contribution in [0.4, 0.5) is 32.0 Å². The van der Waals surface area contributed by atoms with Crippen molar-refractivity contribution in [3.05, 3.63) is 64.7 Å². The molecule has 2 aromatic carbocycles. The van der Waals surface area contributed by atoms with Gasteiger partial charge < -0.3 is 10.4 Å². The largest absolute Gasteiger partial charge is 0.430 e. The summed E-state index contributed by atoms with van der Waals surface area (Å²) in [5.74, 6) is 0. The summed E-state index contributed by atoms with van der Waals surface area (Å²) in [5, 5.41) is 12.8. The van der Waals surface area contributed by atoms with Gasteiger partial charge in [0.2, 0.25) is 0 Å². The minimum atomic E-state index is -5.89. The molecule has 0 aliphatic rings. The molecular weight excluding hydrogens is 396 g/mol. The van der Waals surface area contributed by atoms with E-state index in [-0.39, 0.29) is 0 Å². The van der Waals surface area contributed by atoms with E-state index in [2.05, 4.69) is 5.32 Å². The lowest BCUT2D eigenvalue weighted by atomic mass is 9.92. The number of aryl methyl sites for hydroxylation is 1. The van der Waals surface area contributed by atoms with Crippen molar-refractivity contribution in [3.63, 3.8) is 0 Å². The molecule has 0 atom stereocenters. The van der Waals surface area contributed by atoms with Gasteiger partial charge in [-0.2, -0.15) is 26.3 Å². The molecule has 0 heterocycles. The number of rotatable bonds is 6. The van der Waals surface area contributed by atoms with Gasteiger partial charge in [-0.15, -0.1) is 0 Å². The third kappa shape index (κ3) is 4.87. The summed E-state index contributed by atoms with van der Waals surface area (Å²) < 4.78 is 77.0. The van der Waals surface area contributed by atoms with Crippen molar-refractivity contribution in [1.82, 2.24) is 0 Å². The van der Waals surface area contributed by atoms with Gasteiger partial charge >= 0.3 is 12.4 Å². The molecule has 2 rings (SSSR count). The lowest BCUT2D eigenvalue weighted by molar-refractivity contribution is -0.376. The number of hydrogen-bond acceptors (Lipinski definition) is 2. The Morgan fingerprint density at radius 1 is 0.889 bits per heavy atom. The van der Waals surface area contributed by atoms with Crippen molar-refractivity contribution in [1.29, 1.82) is 0 Å². The second-order valence-electron chi connectivity index (χ2n) is 5.94. The van der Waals surface area contributed by atoms with Crippen LogP contribution in [0.2, 0.25) is 5.02 Å². The molecule has 0 saturated heterocycles. The predicted octanol–water partition coefficient (Wildman–Crippen LogP) is 5.70. The molecular formula is C18H16ClF6NO. The van der Waals surface area contributed by atoms with Crippen LogP contribution in [0.5, 0.6) is 0 Å². The van der Waals surface area contributed by atoms with Crippen LogP contribution < -0.4 is 5.32 Å². The van der Waals surface area contributed by atoms with Crippen LogP contribution in [0.25, 0.3) is 0 Å². The van der Waals surface area contributed by atoms with E-state index in [0.29, 0.717) is 42.2 Å². The van der Waals surface area contributed by atoms with Gasteiger partial charge in [0.1, 0.15) is 0 Å². The fourth-order valence-corrected chi connectivity index (χ4v) is 2.75. The van der Waals surface area contributed by atoms with E-state index in [4.69, 9.17) is 11.6 Å². The van der Waals surface area contributed by atoms with Crippen molar-refractivity contribution in [2.75, 3.05) is 11.9 Å². The third-order valence-corrected chi connectivity index (χ3v) is 4.22. The van der Waals surface area contributed by atoms with Crippen molar-refractivity contribution < 1.29 is 31.4 Å². The van der Waals surface area contributed by atoms with E-state index in [1.54, 1.807) is 6.07 Å². The maximum absolute atomic E-state index is 12.8. The molecule has 0 amide bonds. The molecule has 0 aliphatic heterocycles. The van der Waals surface area contributed by atoms with Crippen molar-refractivity contribution >= 4 is 17.3 Å². The van der Waals surface area contributed by atoms with Gasteiger partial charge in [-0.05, 0) is 42.7 Å². The number of benzene rings is 2. The molecule has 0 radical (unpaired) electrons. The Kier molecular flexibility index (Phi) is 6.32. The maximum atomic E-state index is 12.8. The fourth-order valence-electron chi connectivity index (χ4n) is 2.54. The number of nitrogens with one attached hydrogen (secondary N) is 1. The van der Waals surface area contributed by atoms with Crippen LogP contribution in [0, 0.1) is 0 Å². The Hall–Kier alpha value is -1.93. The standard InChI is InChI=1S/C18H16ClF6NO/c19-14-5-1-3-12(11-14)4-2-10-26-15-8-6-13(7-9-15)16(27,17(20,21)22)18(23,24)25/h1,3,5-9,11,26-27H,2,4,10H2. The quantitative estimate of drug-likeness (QED) is 0.472. The third-order valence-electron chi connectivity index (χ3n) is 3.98. The van der Waals surface area contributed by atoms with Crippen LogP contribution in [0.3, 0.4) is 0 Å². The summed E-state index contributed by atoms with van der Waals surface area (Å²) in [7, 11) is 0. The number of halogens is 7. The second kappa shape index (κ2) is 7.98. The molecule has 2 nitrogen and oxygen atoms in total. The number of anilines is 1. The molecule has 0 bridgehead atoms. The van der Waals surface area contributed by atoms with E-state index >= 15 is 0 Å². The Bertz CT molecular complexity index is 744. The summed E-state index contributed by atoms with van der Waals surface area (Å²) in [5.41, 5.74) is -4.84. The molecule has 0 unspecified atom stereocenters. The summed E-state index contributed by atoms with van der Waals surface area (Å²) in [6.07, 6.45) is -10.4. The Morgan fingerprint density at radius 2 is 1.48 bits per heavy atom. The summed E-state index contributed by atoms with van der Waals surface area (Å²) in [4.78, 5) is 0. The smallest absolute Gasteiger partial charge is 0.385 e. The van der Waals surface area contributed by atoms with Gasteiger partial charge in [0.15, 0.2) is 0 Å². The number of aliphatic hydroxyl groups is 1. The zero-order valence-electron chi connectivity index (χ0n) is 13.8. The molecule has 0 fully saturated rings. The first-order chi connectivity index (χ1) is 12.4. The molecule has 9 heteroatoms. The first kappa shape index (κ1) is 21.4. The first-order valence-electron chi connectivity index (χ1n) is 7.90. The van der Waals surface area contributed by atoms with Crippen molar-refractivity contribution in [3.8, 4) is 0 Å². The average Bonchev–Trinajstić information content (AvgIpc) is 2.56. The highest BCUT2D eigenvalue weighted by Crippen LogP contribution is 2.50. The first-order valence-corrected chi connectivity index (χ1v) is 8.27. The normalized spacial score (nSPS) is 12.9. The minimum absolute atomic E-state index is 0.344. The molecule has 2 aromatic rings. The van der Waals surface area contributed by atoms with Crippen LogP contribution >= 0.6 is 11.6 Å². The highest BCUT2D eigenvalue weighted by atomic mass is 35.5. The van der Waals surface area contributed by atoms with Gasteiger partial charge in [0.25, 0.3) is 5.60 Å². The monoisotopic (exact) mass is 411 g/mol. The van der Waals surface area contributed by atoms with E-state index in [1.165, 1.54) is 0 Å². The Labute approximate surface area is 156 Å². The van der Waals surface area contributed by atoms with E-state index in [0.717, 1.165) is 17.7 Å². The van der Waals surface area contributed by atoms with Crippen LogP contribution in [0.1, 0.15) is 17.5 Å². The second-order valence-corrected chi connectivity index (χ2v) is 6.38. The van der Waals surface area contributed by atoms with E-state index in [1.807, 2.05) is 18.2 Å². The van der Waals surface area contributed by atoms with Gasteiger partial charge in [-0.3, -0.25) is 0 Å². The molecule has 27 heavy (non-hydrogen) atoms. The number of hydrogen-bond donors (Lipinski definition) is 2. The lowest BCUT2D eigenvalue weighted by Gasteiger charge is -2.32. The Balaban J connectivity index is 2.00. The molecule has 148 valence electrons. The summed E-state index contributed by atoms with van der Waals surface area (Å²) in [6, 6.07) is 10.6. The zero-order valence-corrected chi connectivity index (χ0v) is 14.6. The Morgan fingerprint density at radius 3 is 2.00 bits per heavy atom. The van der Waals surface area contributed by atoms with Crippen LogP contribution in [-0.4, -0.2) is 24.0 Å². The minimum Gasteiger partial charge on any atom is -0.385 e. The SMILES string of the molecule is OC(c1ccc(NCCCc2cccc(Cl)c2)cc1)(C(F)(F)F)C(F)(F)F. The maximum Gasteiger partial charge on any atom is 0.430 e. The van der Waals surface area contributed by atoms with Gasteiger partial charge in [-0.1, -0.05) is 35.9 Å². The number of alkyl halides is 6. The highest BCUT2D eigenvalue weighted by molar-refractivity contribution is 6.30. The lowest BCUT2D eigenvalue weighted by Crippen LogP contribution is -2.53. The van der Waals surface area contributed by atoms with Crippen LogP contribution in [0.15, 0.2) is 48.5 Å². The highest BCUT2D eigenvalue weighted by Gasteiger charge is 2.71. The predicted molar refractivity (Wildman–Crippen MR) is 90.7 cm³/mol. The summed E-state index contributed by atoms with van der Waals surface area (Å²) in [6.45, 7) is 0.453. The topological polar surface area (TPSA) is 32.3 Å². The zero-order chi connectivity index (χ0) is 20.3. The van der Waals surface area contributed by atoms with E-state index < -0.39 is 23.5 Å². The average molecular weight is 412 g/mol. The van der Waals surface area contributed by atoms with Gasteiger partial charge in [0, 0.05) is 22.8 Å². The van der Waals surface area contributed by atoms with Gasteiger partial charge in [0.05, 0.1) is 0 Å². The molecule has 2 N–H and O–H groups in total. The van der Waals surface area contributed by atoms with Crippen molar-refractivity contribution in [2.45, 2.75) is 30.8 Å². The molecule has 0 aliphatic carbocycles. The molecule has 0 saturated carbocycles. The van der Waals surface area contributed by atoms with E-state index in [9.17, 15) is 31.4 Å². The summed E-state index contributed by atoms with van der Waals surface area (Å²) >= 11 is 5.87.